The first kappa shape index (κ1) is 26.2. The number of aromatic nitrogens is 2. The summed E-state index contributed by atoms with van der Waals surface area (Å²) in [5.41, 5.74) is 4.86. The van der Waals surface area contributed by atoms with Crippen LogP contribution in [0.4, 0.5) is 11.8 Å². The number of benzene rings is 3. The highest BCUT2D eigenvalue weighted by molar-refractivity contribution is 6.02. The summed E-state index contributed by atoms with van der Waals surface area (Å²) >= 11 is 0. The van der Waals surface area contributed by atoms with Gasteiger partial charge in [0, 0.05) is 30.3 Å². The van der Waals surface area contributed by atoms with E-state index in [1.807, 2.05) is 85.5 Å². The molecule has 9 heteroatoms. The molecule has 9 nitrogen and oxygen atoms in total. The van der Waals surface area contributed by atoms with Gasteiger partial charge in [-0.25, -0.2) is 4.98 Å². The average molecular weight is 507 g/mol. The van der Waals surface area contributed by atoms with E-state index < -0.39 is 0 Å². The number of rotatable bonds is 9. The SMILES string of the molecule is CCN(Cc1ccccc1)c1nc(NC(=O)Cc2ccc(C)cc2)cc(-c2ccccc2C(=N)N=NN)n1. The van der Waals surface area contributed by atoms with E-state index >= 15 is 0 Å². The standard InChI is InChI=1S/C29H30N8O/c1-3-37(19-22-9-5-4-6-10-22)29-32-25(23-11-7-8-12-24(23)28(30)35-36-31)18-26(34-29)33-27(38)17-21-15-13-20(2)14-16-21/h4-16,18H,3,17,19H2,1-2H3,(H3,30,31,35)(H,32,33,34,38). The van der Waals surface area contributed by atoms with Gasteiger partial charge in [-0.15, -0.1) is 5.11 Å². The van der Waals surface area contributed by atoms with Crippen molar-refractivity contribution in [2.75, 3.05) is 16.8 Å². The van der Waals surface area contributed by atoms with Crippen molar-refractivity contribution in [3.05, 3.63) is 107 Å². The quantitative estimate of drug-likeness (QED) is 0.0930. The van der Waals surface area contributed by atoms with Crippen molar-refractivity contribution in [1.29, 1.82) is 5.41 Å². The molecule has 3 aromatic carbocycles. The summed E-state index contributed by atoms with van der Waals surface area (Å²) < 4.78 is 0. The minimum absolute atomic E-state index is 0.0927. The van der Waals surface area contributed by atoms with Gasteiger partial charge in [-0.2, -0.15) is 4.98 Å². The average Bonchev–Trinajstić information content (AvgIpc) is 2.93. The number of hydrogen-bond donors (Lipinski definition) is 3. The van der Waals surface area contributed by atoms with Crippen molar-refractivity contribution in [2.24, 2.45) is 16.2 Å². The number of nitrogens with one attached hydrogen (secondary N) is 2. The summed E-state index contributed by atoms with van der Waals surface area (Å²) in [5.74, 6) is 5.75. The fraction of sp³-hybridized carbons (Fsp3) is 0.172. The highest BCUT2D eigenvalue weighted by atomic mass is 16.1. The van der Waals surface area contributed by atoms with E-state index in [2.05, 4.69) is 15.7 Å². The Labute approximate surface area is 222 Å². The third-order valence-corrected chi connectivity index (χ3v) is 5.96. The molecule has 0 unspecified atom stereocenters. The van der Waals surface area contributed by atoms with Gasteiger partial charge in [-0.1, -0.05) is 89.6 Å². The fourth-order valence-corrected chi connectivity index (χ4v) is 4.01. The maximum absolute atomic E-state index is 13.0. The van der Waals surface area contributed by atoms with Crippen molar-refractivity contribution in [1.82, 2.24) is 9.97 Å². The van der Waals surface area contributed by atoms with Crippen molar-refractivity contribution in [3.8, 4) is 11.3 Å². The van der Waals surface area contributed by atoms with Crippen molar-refractivity contribution in [2.45, 2.75) is 26.8 Å². The van der Waals surface area contributed by atoms with Crippen LogP contribution in [0.1, 0.15) is 29.2 Å². The van der Waals surface area contributed by atoms with Crippen LogP contribution in [-0.2, 0) is 17.8 Å². The number of carbonyl (C=O) groups excluding carboxylic acids is 1. The van der Waals surface area contributed by atoms with E-state index in [1.165, 1.54) is 0 Å². The Hall–Kier alpha value is -4.92. The Kier molecular flexibility index (Phi) is 8.50. The molecule has 1 aromatic heterocycles. The smallest absolute Gasteiger partial charge is 0.229 e. The Morgan fingerprint density at radius 3 is 2.39 bits per heavy atom. The summed E-state index contributed by atoms with van der Waals surface area (Å²) in [5, 5.41) is 18.2. The minimum atomic E-state index is -0.187. The van der Waals surface area contributed by atoms with Gasteiger partial charge < -0.3 is 16.1 Å². The molecule has 1 heterocycles. The van der Waals surface area contributed by atoms with E-state index in [-0.39, 0.29) is 18.2 Å². The maximum atomic E-state index is 13.0. The van der Waals surface area contributed by atoms with Crippen LogP contribution in [0.2, 0.25) is 0 Å². The van der Waals surface area contributed by atoms with Crippen molar-refractivity contribution < 1.29 is 4.79 Å². The number of anilines is 2. The van der Waals surface area contributed by atoms with Crippen LogP contribution in [0.5, 0.6) is 0 Å². The zero-order valence-electron chi connectivity index (χ0n) is 21.4. The normalized spacial score (nSPS) is 10.9. The maximum Gasteiger partial charge on any atom is 0.229 e. The molecule has 0 radical (unpaired) electrons. The van der Waals surface area contributed by atoms with Gasteiger partial charge in [0.2, 0.25) is 11.9 Å². The largest absolute Gasteiger partial charge is 0.337 e. The van der Waals surface area contributed by atoms with Crippen LogP contribution in [-0.4, -0.2) is 28.3 Å². The molecule has 0 spiro atoms. The topological polar surface area (TPSA) is 133 Å². The van der Waals surface area contributed by atoms with E-state index in [9.17, 15) is 4.79 Å². The van der Waals surface area contributed by atoms with Crippen LogP contribution in [0.3, 0.4) is 0 Å². The van der Waals surface area contributed by atoms with Crippen LogP contribution in [0.15, 0.2) is 95.3 Å². The first-order valence-corrected chi connectivity index (χ1v) is 12.3. The lowest BCUT2D eigenvalue weighted by Gasteiger charge is -2.22. The van der Waals surface area contributed by atoms with Gasteiger partial charge in [0.15, 0.2) is 5.84 Å². The summed E-state index contributed by atoms with van der Waals surface area (Å²) in [6, 6.07) is 26.9. The molecule has 0 aliphatic rings. The predicted octanol–water partition coefficient (Wildman–Crippen LogP) is 5.31. The molecule has 0 saturated heterocycles. The van der Waals surface area contributed by atoms with Crippen LogP contribution in [0, 0.1) is 12.3 Å². The molecule has 4 rings (SSSR count). The number of hydrogen-bond acceptors (Lipinski definition) is 6. The lowest BCUT2D eigenvalue weighted by atomic mass is 10.0. The Bertz CT molecular complexity index is 1430. The van der Waals surface area contributed by atoms with Crippen LogP contribution < -0.4 is 16.1 Å². The Morgan fingerprint density at radius 1 is 0.974 bits per heavy atom. The lowest BCUT2D eigenvalue weighted by Crippen LogP contribution is -2.25. The minimum Gasteiger partial charge on any atom is -0.337 e. The number of aryl methyl sites for hydroxylation is 1. The van der Waals surface area contributed by atoms with Crippen molar-refractivity contribution >= 4 is 23.5 Å². The molecule has 0 aliphatic carbocycles. The summed E-state index contributed by atoms with van der Waals surface area (Å²) in [4.78, 5) is 24.5. The highest BCUT2D eigenvalue weighted by Crippen LogP contribution is 2.27. The van der Waals surface area contributed by atoms with Gasteiger partial charge in [0.1, 0.15) is 5.82 Å². The summed E-state index contributed by atoms with van der Waals surface area (Å²) in [7, 11) is 0. The molecule has 0 saturated carbocycles. The van der Waals surface area contributed by atoms with Gasteiger partial charge >= 0.3 is 0 Å². The second kappa shape index (κ2) is 12.4. The molecule has 0 atom stereocenters. The number of nitrogens with two attached hydrogens (primary N) is 1. The van der Waals surface area contributed by atoms with Crippen LogP contribution in [0.25, 0.3) is 11.3 Å². The van der Waals surface area contributed by atoms with E-state index in [0.717, 1.165) is 16.7 Å². The molecular formula is C29H30N8O. The second-order valence-corrected chi connectivity index (χ2v) is 8.76. The molecule has 192 valence electrons. The molecule has 1 amide bonds. The van der Waals surface area contributed by atoms with Crippen molar-refractivity contribution in [3.63, 3.8) is 0 Å². The lowest BCUT2D eigenvalue weighted by molar-refractivity contribution is -0.115. The third-order valence-electron chi connectivity index (χ3n) is 5.96. The fourth-order valence-electron chi connectivity index (χ4n) is 4.01. The number of amides is 1. The highest BCUT2D eigenvalue weighted by Gasteiger charge is 2.17. The summed E-state index contributed by atoms with van der Waals surface area (Å²) in [6.45, 7) is 5.28. The van der Waals surface area contributed by atoms with Gasteiger partial charge in [0.25, 0.3) is 0 Å². The number of nitrogens with zero attached hydrogens (tertiary/aromatic N) is 5. The monoisotopic (exact) mass is 506 g/mol. The molecule has 0 fully saturated rings. The zero-order chi connectivity index (χ0) is 26.9. The second-order valence-electron chi connectivity index (χ2n) is 8.76. The molecular weight excluding hydrogens is 476 g/mol. The molecule has 0 aliphatic heterocycles. The molecule has 4 aromatic rings. The van der Waals surface area contributed by atoms with Gasteiger partial charge in [0.05, 0.1) is 12.1 Å². The van der Waals surface area contributed by atoms with Gasteiger partial charge in [-0.3, -0.25) is 10.2 Å². The van der Waals surface area contributed by atoms with E-state index in [1.54, 1.807) is 18.2 Å². The number of carbonyl (C=O) groups is 1. The van der Waals surface area contributed by atoms with Gasteiger partial charge in [-0.05, 0) is 25.0 Å². The van der Waals surface area contributed by atoms with E-state index in [0.29, 0.717) is 41.7 Å². The molecule has 0 bridgehead atoms. The Balaban J connectivity index is 1.73. The summed E-state index contributed by atoms with van der Waals surface area (Å²) in [6.07, 6.45) is 0.217. The zero-order valence-corrected chi connectivity index (χ0v) is 21.4. The molecule has 38 heavy (non-hydrogen) atoms. The first-order valence-electron chi connectivity index (χ1n) is 12.3. The van der Waals surface area contributed by atoms with Crippen LogP contribution >= 0.6 is 0 Å². The third kappa shape index (κ3) is 6.64. The van der Waals surface area contributed by atoms with E-state index in [4.69, 9.17) is 21.2 Å². The number of amidine groups is 1. The molecule has 4 N–H and O–H groups in total. The predicted molar refractivity (Wildman–Crippen MR) is 150 cm³/mol. The first-order chi connectivity index (χ1) is 18.5. The Morgan fingerprint density at radius 2 is 1.68 bits per heavy atom.